The number of esters is 1. The number of urea groups is 1. The van der Waals surface area contributed by atoms with Gasteiger partial charge < -0.3 is 45.9 Å². The van der Waals surface area contributed by atoms with Gasteiger partial charge in [-0.25, -0.2) is 19.3 Å². The standard InChI is InChI=1S/C40H50N6O11/c1-23(2)27-19-28(30(48)20-29(27)47)35(41)46(38(42)54)26-13-11-24(12-14-26)22-44-15-17-45(18-16-44)36(51)31(49)21-32(50)56-34(37(52)53)33(25-9-7-6-8-10-25)43-39(55)57-40(3,4)5/h6-14,19-20,23,31,33-34,41,47-49H,15-18,21-22H2,1-5H3,(H2,42,54)(H,43,55)(H,52,53)/t31-,33+,34-/m1/s1. The van der Waals surface area contributed by atoms with Gasteiger partial charge >= 0.3 is 24.1 Å². The molecule has 3 aromatic rings. The Hall–Kier alpha value is -6.20. The fraction of sp³-hybridized carbons (Fsp3) is 0.400. The first-order valence-corrected chi connectivity index (χ1v) is 18.2. The molecule has 0 spiro atoms. The van der Waals surface area contributed by atoms with Crippen molar-refractivity contribution in [3.8, 4) is 11.5 Å². The van der Waals surface area contributed by atoms with E-state index in [1.54, 1.807) is 75.4 Å². The summed E-state index contributed by atoms with van der Waals surface area (Å²) in [5, 5.41) is 52.5. The third-order valence-corrected chi connectivity index (χ3v) is 9.03. The number of carbonyl (C=O) groups is 5. The van der Waals surface area contributed by atoms with Gasteiger partial charge in [-0.05, 0) is 61.6 Å². The second-order valence-corrected chi connectivity index (χ2v) is 14.9. The summed E-state index contributed by atoms with van der Waals surface area (Å²) < 4.78 is 10.5. The predicted octanol–water partition coefficient (Wildman–Crippen LogP) is 3.79. The SMILES string of the molecule is CC(C)c1cc(C(=N)N(C(N)=O)c2ccc(CN3CCN(C(=O)[C@H](O)CC(=O)O[C@@H](C(=O)O)[C@@H](NC(=O)OC(C)(C)C)c4ccccc4)CC3)cc2)c(O)cc1O. The van der Waals surface area contributed by atoms with Gasteiger partial charge in [0.05, 0.1) is 17.7 Å². The molecule has 3 aromatic carbocycles. The summed E-state index contributed by atoms with van der Waals surface area (Å²) >= 11 is 0. The number of nitrogens with zero attached hydrogens (tertiary/aromatic N) is 3. The molecule has 0 bridgehead atoms. The van der Waals surface area contributed by atoms with Gasteiger partial charge in [-0.2, -0.15) is 0 Å². The molecule has 3 atom stereocenters. The van der Waals surface area contributed by atoms with Crippen molar-refractivity contribution in [3.05, 3.63) is 89.0 Å². The van der Waals surface area contributed by atoms with Gasteiger partial charge in [0, 0.05) is 38.8 Å². The minimum atomic E-state index is -1.91. The summed E-state index contributed by atoms with van der Waals surface area (Å²) in [6.45, 7) is 10.3. The summed E-state index contributed by atoms with van der Waals surface area (Å²) in [5.41, 5.74) is 6.69. The van der Waals surface area contributed by atoms with Crippen LogP contribution in [0.3, 0.4) is 0 Å². The van der Waals surface area contributed by atoms with E-state index in [1.165, 1.54) is 11.0 Å². The molecule has 8 N–H and O–H groups in total. The molecule has 1 heterocycles. The zero-order valence-corrected chi connectivity index (χ0v) is 32.5. The van der Waals surface area contributed by atoms with E-state index in [4.69, 9.17) is 20.6 Å². The Balaban J connectivity index is 1.33. The summed E-state index contributed by atoms with van der Waals surface area (Å²) in [6, 6.07) is 15.0. The highest BCUT2D eigenvalue weighted by molar-refractivity contribution is 6.22. The predicted molar refractivity (Wildman–Crippen MR) is 208 cm³/mol. The molecule has 4 rings (SSSR count). The van der Waals surface area contributed by atoms with Crippen LogP contribution in [0.1, 0.15) is 75.3 Å². The minimum Gasteiger partial charge on any atom is -0.508 e. The number of alkyl carbamates (subject to hydrolysis) is 1. The van der Waals surface area contributed by atoms with Gasteiger partial charge in [-0.1, -0.05) is 56.3 Å². The molecule has 1 saturated heterocycles. The molecule has 0 saturated carbocycles. The van der Waals surface area contributed by atoms with Crippen molar-refractivity contribution in [2.24, 2.45) is 5.73 Å². The van der Waals surface area contributed by atoms with Crippen LogP contribution in [-0.2, 0) is 30.4 Å². The second-order valence-electron chi connectivity index (χ2n) is 14.9. The number of rotatable bonds is 13. The number of nitrogens with one attached hydrogen (secondary N) is 2. The molecule has 1 aliphatic heterocycles. The Bertz CT molecular complexity index is 1940. The number of primary amides is 1. The lowest BCUT2D eigenvalue weighted by atomic mass is 9.98. The number of aliphatic carboxylic acids is 1. The second kappa shape index (κ2) is 18.6. The van der Waals surface area contributed by atoms with E-state index in [1.807, 2.05) is 18.7 Å². The molecule has 0 radical (unpaired) electrons. The first-order chi connectivity index (χ1) is 26.7. The highest BCUT2D eigenvalue weighted by Gasteiger charge is 2.37. The third-order valence-electron chi connectivity index (χ3n) is 9.03. The van der Waals surface area contributed by atoms with Crippen molar-refractivity contribution in [3.63, 3.8) is 0 Å². The van der Waals surface area contributed by atoms with Gasteiger partial charge in [0.2, 0.25) is 6.10 Å². The Morgan fingerprint density at radius 2 is 1.54 bits per heavy atom. The number of amides is 4. The number of carbonyl (C=O) groups excluding carboxylic acids is 4. The monoisotopic (exact) mass is 790 g/mol. The summed E-state index contributed by atoms with van der Waals surface area (Å²) in [5.74, 6) is -4.49. The number of piperazine rings is 1. The number of amidine groups is 1. The van der Waals surface area contributed by atoms with Crippen molar-refractivity contribution in [1.82, 2.24) is 15.1 Å². The van der Waals surface area contributed by atoms with E-state index in [0.717, 1.165) is 16.5 Å². The smallest absolute Gasteiger partial charge is 0.408 e. The van der Waals surface area contributed by atoms with Crippen LogP contribution in [0.25, 0.3) is 0 Å². The maximum absolute atomic E-state index is 13.1. The minimum absolute atomic E-state index is 0.0163. The van der Waals surface area contributed by atoms with E-state index in [9.17, 15) is 44.4 Å². The van der Waals surface area contributed by atoms with Crippen molar-refractivity contribution in [1.29, 1.82) is 5.41 Å². The number of anilines is 1. The molecule has 17 nitrogen and oxygen atoms in total. The number of hydrogen-bond donors (Lipinski definition) is 7. The van der Waals surface area contributed by atoms with E-state index < -0.39 is 60.2 Å². The van der Waals surface area contributed by atoms with E-state index >= 15 is 0 Å². The fourth-order valence-electron chi connectivity index (χ4n) is 6.20. The quantitative estimate of drug-likeness (QED) is 0.0742. The number of hydrogen-bond acceptors (Lipinski definition) is 12. The molecule has 1 fully saturated rings. The van der Waals surface area contributed by atoms with Crippen LogP contribution in [0, 0.1) is 5.41 Å². The molecular formula is C40H50N6O11. The number of phenolic OH excluding ortho intramolecular Hbond substituents is 2. The fourth-order valence-corrected chi connectivity index (χ4v) is 6.20. The van der Waals surface area contributed by atoms with Crippen LogP contribution in [0.4, 0.5) is 15.3 Å². The Morgan fingerprint density at radius 3 is 2.09 bits per heavy atom. The molecule has 17 heteroatoms. The zero-order chi connectivity index (χ0) is 42.2. The van der Waals surface area contributed by atoms with E-state index in [-0.39, 0.29) is 47.6 Å². The first-order valence-electron chi connectivity index (χ1n) is 18.2. The van der Waals surface area contributed by atoms with Gasteiger partial charge in [0.25, 0.3) is 5.91 Å². The Labute approximate surface area is 330 Å². The molecule has 1 aliphatic rings. The highest BCUT2D eigenvalue weighted by Crippen LogP contribution is 2.34. The third kappa shape index (κ3) is 11.7. The van der Waals surface area contributed by atoms with Gasteiger partial charge in [-0.3, -0.25) is 19.9 Å². The number of aliphatic hydroxyl groups is 1. The van der Waals surface area contributed by atoms with Crippen molar-refractivity contribution in [2.45, 2.75) is 77.4 Å². The molecular weight excluding hydrogens is 740 g/mol. The number of carboxylic acid groups (broad SMARTS) is 1. The van der Waals surface area contributed by atoms with E-state index in [0.29, 0.717) is 30.8 Å². The van der Waals surface area contributed by atoms with Gasteiger partial charge in [0.15, 0.2) is 0 Å². The van der Waals surface area contributed by atoms with Crippen LogP contribution in [0.5, 0.6) is 11.5 Å². The normalized spacial score (nSPS) is 14.9. The van der Waals surface area contributed by atoms with Crippen molar-refractivity contribution >= 4 is 41.5 Å². The number of nitrogens with two attached hydrogens (primary N) is 1. The van der Waals surface area contributed by atoms with Crippen molar-refractivity contribution in [2.75, 3.05) is 31.1 Å². The average molecular weight is 791 g/mol. The Kier molecular flexibility index (Phi) is 14.2. The number of benzene rings is 3. The molecule has 0 aromatic heterocycles. The van der Waals surface area contributed by atoms with Crippen LogP contribution in [0.2, 0.25) is 0 Å². The molecule has 4 amide bonds. The summed E-state index contributed by atoms with van der Waals surface area (Å²) in [4.78, 5) is 67.8. The summed E-state index contributed by atoms with van der Waals surface area (Å²) in [6.07, 6.45) is -5.49. The van der Waals surface area contributed by atoms with Gasteiger partial charge in [-0.15, -0.1) is 0 Å². The largest absolute Gasteiger partial charge is 0.508 e. The molecule has 306 valence electrons. The lowest BCUT2D eigenvalue weighted by molar-refractivity contribution is -0.169. The maximum atomic E-state index is 13.1. The summed E-state index contributed by atoms with van der Waals surface area (Å²) in [7, 11) is 0. The number of aliphatic hydroxyl groups excluding tert-OH is 1. The topological polar surface area (TPSA) is 256 Å². The number of aromatic hydroxyl groups is 2. The molecule has 57 heavy (non-hydrogen) atoms. The van der Waals surface area contributed by atoms with Crippen LogP contribution >= 0.6 is 0 Å². The van der Waals surface area contributed by atoms with Crippen LogP contribution in [-0.4, -0.2) is 110 Å². The zero-order valence-electron chi connectivity index (χ0n) is 32.5. The number of ether oxygens (including phenoxy) is 2. The molecule has 0 unspecified atom stereocenters. The van der Waals surface area contributed by atoms with Crippen LogP contribution < -0.4 is 16.0 Å². The number of phenols is 2. The first kappa shape index (κ1) is 43.5. The lowest BCUT2D eigenvalue weighted by Crippen LogP contribution is -2.51. The maximum Gasteiger partial charge on any atom is 0.408 e. The van der Waals surface area contributed by atoms with E-state index in [2.05, 4.69) is 5.32 Å². The highest BCUT2D eigenvalue weighted by atomic mass is 16.6. The van der Waals surface area contributed by atoms with Crippen molar-refractivity contribution < 1.29 is 53.9 Å². The lowest BCUT2D eigenvalue weighted by Gasteiger charge is -2.35. The Morgan fingerprint density at radius 1 is 0.930 bits per heavy atom. The average Bonchev–Trinajstić information content (AvgIpc) is 3.13. The number of carboxylic acids is 1. The molecule has 0 aliphatic carbocycles. The van der Waals surface area contributed by atoms with Gasteiger partial charge in [0.1, 0.15) is 35.1 Å². The van der Waals surface area contributed by atoms with Crippen LogP contribution in [0.15, 0.2) is 66.7 Å².